The third-order valence-electron chi connectivity index (χ3n) is 5.59. The van der Waals surface area contributed by atoms with Gasteiger partial charge in [0.2, 0.25) is 17.0 Å². The molecule has 0 aliphatic carbocycles. The number of nitrogen functional groups attached to an aromatic ring is 1. The number of carbonyl (C=O) groups is 1. The Hall–Kier alpha value is -4.79. The standard InChI is InChI=1S/C26H21N5O4/c27-22-24(33)21-19(9-4-10-20(21)35-25(22)26-28-30-31-29-26)23(32)17-11-13-18(14-12-17)34-15-5-8-16-6-2-1-3-7-16/h1-4,6-7,9-14H,5,8,15,27H2,(H,28,29,30,31). The zero-order chi connectivity index (χ0) is 24.2. The molecule has 0 aliphatic rings. The van der Waals surface area contributed by atoms with Gasteiger partial charge in [-0.2, -0.15) is 5.21 Å². The van der Waals surface area contributed by atoms with Crippen molar-refractivity contribution >= 4 is 22.4 Å². The highest BCUT2D eigenvalue weighted by Crippen LogP contribution is 2.27. The fraction of sp³-hybridized carbons (Fsp3) is 0.115. The summed E-state index contributed by atoms with van der Waals surface area (Å²) in [6, 6.07) is 21.8. The lowest BCUT2D eigenvalue weighted by Gasteiger charge is -2.09. The van der Waals surface area contributed by atoms with Gasteiger partial charge in [0.1, 0.15) is 17.0 Å². The number of carbonyl (C=O) groups excluding carboxylic acids is 1. The number of rotatable bonds is 8. The number of H-pyrrole nitrogens is 1. The van der Waals surface area contributed by atoms with Crippen LogP contribution < -0.4 is 15.9 Å². The van der Waals surface area contributed by atoms with Crippen molar-refractivity contribution in [3.05, 3.63) is 99.7 Å². The van der Waals surface area contributed by atoms with Crippen molar-refractivity contribution in [3.8, 4) is 17.3 Å². The zero-order valence-electron chi connectivity index (χ0n) is 18.6. The van der Waals surface area contributed by atoms with E-state index in [0.717, 1.165) is 12.8 Å². The number of nitrogens with one attached hydrogen (secondary N) is 1. The van der Waals surface area contributed by atoms with Crippen molar-refractivity contribution in [2.45, 2.75) is 12.8 Å². The SMILES string of the molecule is Nc1c(-c2nn[nH]n2)oc2cccc(C(=O)c3ccc(OCCCc4ccccc4)cc3)c2c1=O. The number of tetrazole rings is 1. The van der Waals surface area contributed by atoms with Crippen LogP contribution in [0.5, 0.6) is 5.75 Å². The van der Waals surface area contributed by atoms with Crippen LogP contribution in [0.4, 0.5) is 5.69 Å². The first-order chi connectivity index (χ1) is 17.1. The normalized spacial score (nSPS) is 11.0. The van der Waals surface area contributed by atoms with E-state index in [1.807, 2.05) is 18.2 Å². The van der Waals surface area contributed by atoms with Crippen LogP contribution in [0.3, 0.4) is 0 Å². The maximum Gasteiger partial charge on any atom is 0.242 e. The van der Waals surface area contributed by atoms with Gasteiger partial charge in [-0.1, -0.05) is 42.5 Å². The number of nitrogens with zero attached hydrogens (tertiary/aromatic N) is 3. The molecule has 2 heterocycles. The average Bonchev–Trinajstić information content (AvgIpc) is 3.44. The van der Waals surface area contributed by atoms with E-state index < -0.39 is 5.43 Å². The summed E-state index contributed by atoms with van der Waals surface area (Å²) in [4.78, 5) is 26.3. The number of ketones is 1. The summed E-state index contributed by atoms with van der Waals surface area (Å²) >= 11 is 0. The molecule has 5 aromatic rings. The summed E-state index contributed by atoms with van der Waals surface area (Å²) < 4.78 is 11.6. The van der Waals surface area contributed by atoms with E-state index in [1.165, 1.54) is 5.56 Å². The van der Waals surface area contributed by atoms with Gasteiger partial charge in [0, 0.05) is 11.1 Å². The number of nitrogens with two attached hydrogens (primary N) is 1. The van der Waals surface area contributed by atoms with Gasteiger partial charge in [-0.3, -0.25) is 9.59 Å². The van der Waals surface area contributed by atoms with Crippen molar-refractivity contribution in [2.75, 3.05) is 12.3 Å². The third-order valence-corrected chi connectivity index (χ3v) is 5.59. The van der Waals surface area contributed by atoms with E-state index >= 15 is 0 Å². The van der Waals surface area contributed by atoms with Gasteiger partial charge in [-0.15, -0.1) is 10.2 Å². The van der Waals surface area contributed by atoms with Crippen LogP contribution in [0, 0.1) is 0 Å². The molecule has 0 saturated carbocycles. The van der Waals surface area contributed by atoms with E-state index in [-0.39, 0.29) is 39.6 Å². The maximum absolute atomic E-state index is 13.3. The Kier molecular flexibility index (Phi) is 6.04. The molecule has 3 N–H and O–H groups in total. The first kappa shape index (κ1) is 22.0. The summed E-state index contributed by atoms with van der Waals surface area (Å²) in [6.45, 7) is 0.564. The molecule has 0 saturated heterocycles. The largest absolute Gasteiger partial charge is 0.494 e. The van der Waals surface area contributed by atoms with Gasteiger partial charge in [0.25, 0.3) is 0 Å². The minimum Gasteiger partial charge on any atom is -0.494 e. The molecular weight excluding hydrogens is 446 g/mol. The fourth-order valence-corrected chi connectivity index (χ4v) is 3.84. The Morgan fingerprint density at radius 3 is 2.54 bits per heavy atom. The van der Waals surface area contributed by atoms with Crippen molar-refractivity contribution in [1.82, 2.24) is 20.6 Å². The molecule has 0 spiro atoms. The number of benzene rings is 3. The molecule has 0 unspecified atom stereocenters. The monoisotopic (exact) mass is 467 g/mol. The summed E-state index contributed by atoms with van der Waals surface area (Å²) in [5.74, 6) is 0.387. The van der Waals surface area contributed by atoms with Gasteiger partial charge in [-0.05, 0) is 54.0 Å². The van der Waals surface area contributed by atoms with Crippen LogP contribution in [0.1, 0.15) is 27.9 Å². The Morgan fingerprint density at radius 1 is 1.00 bits per heavy atom. The molecule has 0 fully saturated rings. The van der Waals surface area contributed by atoms with E-state index in [4.69, 9.17) is 14.9 Å². The first-order valence-electron chi connectivity index (χ1n) is 11.0. The molecule has 9 nitrogen and oxygen atoms in total. The van der Waals surface area contributed by atoms with Crippen LogP contribution in [0.25, 0.3) is 22.6 Å². The summed E-state index contributed by atoms with van der Waals surface area (Å²) in [5, 5.41) is 13.5. The Bertz CT molecular complexity index is 1530. The molecule has 9 heteroatoms. The number of aromatic nitrogens is 4. The van der Waals surface area contributed by atoms with Gasteiger partial charge in [0.05, 0.1) is 12.0 Å². The molecule has 0 bridgehead atoms. The van der Waals surface area contributed by atoms with Crippen molar-refractivity contribution in [1.29, 1.82) is 0 Å². The number of fused-ring (bicyclic) bond motifs is 1. The second kappa shape index (κ2) is 9.60. The number of hydrogen-bond donors (Lipinski definition) is 2. The molecule has 5 rings (SSSR count). The molecular formula is C26H21N5O4. The van der Waals surface area contributed by atoms with Crippen molar-refractivity contribution in [3.63, 3.8) is 0 Å². The Balaban J connectivity index is 1.34. The minimum absolute atomic E-state index is 0.00499. The third kappa shape index (κ3) is 4.51. The van der Waals surface area contributed by atoms with Crippen molar-refractivity contribution < 1.29 is 13.9 Å². The number of aryl methyl sites for hydroxylation is 1. The van der Waals surface area contributed by atoms with Crippen LogP contribution in [0.15, 0.2) is 82.0 Å². The predicted molar refractivity (Wildman–Crippen MR) is 130 cm³/mol. The second-order valence-electron chi connectivity index (χ2n) is 7.88. The lowest BCUT2D eigenvalue weighted by atomic mass is 9.98. The van der Waals surface area contributed by atoms with Crippen LogP contribution in [0.2, 0.25) is 0 Å². The molecule has 0 aliphatic heterocycles. The van der Waals surface area contributed by atoms with Crippen LogP contribution >= 0.6 is 0 Å². The number of aromatic amines is 1. The quantitative estimate of drug-likeness (QED) is 0.260. The number of hydrogen-bond acceptors (Lipinski definition) is 8. The number of ether oxygens (including phenoxy) is 1. The molecule has 174 valence electrons. The number of anilines is 1. The van der Waals surface area contributed by atoms with Gasteiger partial charge >= 0.3 is 0 Å². The van der Waals surface area contributed by atoms with Gasteiger partial charge < -0.3 is 14.9 Å². The summed E-state index contributed by atoms with van der Waals surface area (Å²) in [6.07, 6.45) is 1.81. The van der Waals surface area contributed by atoms with Crippen molar-refractivity contribution in [2.24, 2.45) is 0 Å². The van der Waals surface area contributed by atoms with Gasteiger partial charge in [0.15, 0.2) is 5.78 Å². The van der Waals surface area contributed by atoms with E-state index in [2.05, 4.69) is 32.8 Å². The Labute approximate surface area is 199 Å². The molecule has 2 aromatic heterocycles. The van der Waals surface area contributed by atoms with E-state index in [1.54, 1.807) is 42.5 Å². The highest BCUT2D eigenvalue weighted by atomic mass is 16.5. The average molecular weight is 467 g/mol. The Morgan fingerprint density at radius 2 is 1.80 bits per heavy atom. The molecule has 0 atom stereocenters. The van der Waals surface area contributed by atoms with E-state index in [0.29, 0.717) is 17.9 Å². The first-order valence-corrected chi connectivity index (χ1v) is 11.0. The van der Waals surface area contributed by atoms with Crippen LogP contribution in [-0.4, -0.2) is 33.0 Å². The molecule has 0 radical (unpaired) electrons. The molecule has 35 heavy (non-hydrogen) atoms. The zero-order valence-corrected chi connectivity index (χ0v) is 18.6. The highest BCUT2D eigenvalue weighted by molar-refractivity contribution is 6.16. The predicted octanol–water partition coefficient (Wildman–Crippen LogP) is 3.80. The minimum atomic E-state index is -0.534. The summed E-state index contributed by atoms with van der Waals surface area (Å²) in [5.41, 5.74) is 7.35. The smallest absolute Gasteiger partial charge is 0.242 e. The maximum atomic E-state index is 13.3. The van der Waals surface area contributed by atoms with Gasteiger partial charge in [-0.25, -0.2) is 0 Å². The molecule has 0 amide bonds. The highest BCUT2D eigenvalue weighted by Gasteiger charge is 2.21. The lowest BCUT2D eigenvalue weighted by molar-refractivity contribution is 0.104. The topological polar surface area (TPSA) is 137 Å². The van der Waals surface area contributed by atoms with Crippen LogP contribution in [-0.2, 0) is 6.42 Å². The van der Waals surface area contributed by atoms with E-state index in [9.17, 15) is 9.59 Å². The second-order valence-corrected chi connectivity index (χ2v) is 7.88. The summed E-state index contributed by atoms with van der Waals surface area (Å²) in [7, 11) is 0. The lowest BCUT2D eigenvalue weighted by Crippen LogP contribution is -2.14. The molecule has 3 aromatic carbocycles. The fourth-order valence-electron chi connectivity index (χ4n) is 3.84.